The molecule has 0 aliphatic heterocycles. The van der Waals surface area contributed by atoms with Gasteiger partial charge in [0.25, 0.3) is 0 Å². The topological polar surface area (TPSA) is 47.3 Å². The first-order chi connectivity index (χ1) is 9.88. The highest BCUT2D eigenvalue weighted by Gasteiger charge is 2.23. The molecular formula is C18H16O3. The molecule has 0 aliphatic carbocycles. The van der Waals surface area contributed by atoms with Crippen molar-refractivity contribution in [2.45, 2.75) is 20.8 Å². The highest BCUT2D eigenvalue weighted by molar-refractivity contribution is 6.09. The second-order valence-corrected chi connectivity index (χ2v) is 6.23. The van der Waals surface area contributed by atoms with Gasteiger partial charge in [-0.25, -0.2) is 4.79 Å². The van der Waals surface area contributed by atoms with Crippen molar-refractivity contribution in [1.82, 2.24) is 0 Å². The average molecular weight is 280 g/mol. The van der Waals surface area contributed by atoms with Gasteiger partial charge < -0.3 is 4.42 Å². The standard InChI is InChI=1S/C18H16O3/c1-18(2,3)16(19)11-8-9-13-14(10-11)12-6-4-5-7-15(12)21-17(13)20/h4-10H,1-3H3. The molecule has 1 aromatic heterocycles. The zero-order valence-corrected chi connectivity index (χ0v) is 12.3. The van der Waals surface area contributed by atoms with Crippen LogP contribution < -0.4 is 5.63 Å². The van der Waals surface area contributed by atoms with Crippen molar-refractivity contribution >= 4 is 27.5 Å². The van der Waals surface area contributed by atoms with Gasteiger partial charge in [0.05, 0.1) is 5.39 Å². The molecule has 0 saturated heterocycles. The minimum absolute atomic E-state index is 0.0571. The third-order valence-electron chi connectivity index (χ3n) is 3.56. The van der Waals surface area contributed by atoms with Gasteiger partial charge in [0, 0.05) is 21.8 Å². The number of rotatable bonds is 1. The Hall–Kier alpha value is -2.42. The lowest BCUT2D eigenvalue weighted by molar-refractivity contribution is 0.0858. The molecule has 0 unspecified atom stereocenters. The van der Waals surface area contributed by atoms with Gasteiger partial charge in [-0.1, -0.05) is 45.0 Å². The van der Waals surface area contributed by atoms with E-state index >= 15 is 0 Å². The van der Waals surface area contributed by atoms with Gasteiger partial charge >= 0.3 is 5.63 Å². The number of fused-ring (bicyclic) bond motifs is 3. The fourth-order valence-corrected chi connectivity index (χ4v) is 2.45. The molecule has 3 rings (SSSR count). The summed E-state index contributed by atoms with van der Waals surface area (Å²) in [5.74, 6) is 0.0571. The van der Waals surface area contributed by atoms with Crippen LogP contribution in [0.15, 0.2) is 51.7 Å². The Labute approximate surface area is 122 Å². The van der Waals surface area contributed by atoms with Crippen molar-refractivity contribution in [1.29, 1.82) is 0 Å². The number of carbonyl (C=O) groups is 1. The minimum atomic E-state index is -0.455. The van der Waals surface area contributed by atoms with Crippen LogP contribution in [0, 0.1) is 5.41 Å². The average Bonchev–Trinajstić information content (AvgIpc) is 2.45. The maximum atomic E-state index is 12.4. The lowest BCUT2D eigenvalue weighted by atomic mass is 9.86. The van der Waals surface area contributed by atoms with E-state index in [2.05, 4.69) is 0 Å². The Morgan fingerprint density at radius 3 is 2.38 bits per heavy atom. The molecule has 0 bridgehead atoms. The summed E-state index contributed by atoms with van der Waals surface area (Å²) in [6.07, 6.45) is 0. The van der Waals surface area contributed by atoms with Crippen LogP contribution in [0.25, 0.3) is 21.7 Å². The van der Waals surface area contributed by atoms with Gasteiger partial charge in [0.2, 0.25) is 0 Å². The molecule has 0 N–H and O–H groups in total. The van der Waals surface area contributed by atoms with Crippen molar-refractivity contribution < 1.29 is 9.21 Å². The van der Waals surface area contributed by atoms with E-state index in [1.807, 2.05) is 39.0 Å². The van der Waals surface area contributed by atoms with Crippen molar-refractivity contribution in [3.63, 3.8) is 0 Å². The molecule has 0 fully saturated rings. The minimum Gasteiger partial charge on any atom is -0.422 e. The van der Waals surface area contributed by atoms with Crippen LogP contribution in [0.2, 0.25) is 0 Å². The van der Waals surface area contributed by atoms with Gasteiger partial charge in [0.15, 0.2) is 5.78 Å². The third kappa shape index (κ3) is 2.25. The van der Waals surface area contributed by atoms with Gasteiger partial charge in [-0.15, -0.1) is 0 Å². The van der Waals surface area contributed by atoms with E-state index in [-0.39, 0.29) is 11.4 Å². The predicted molar refractivity (Wildman–Crippen MR) is 83.8 cm³/mol. The number of hydrogen-bond acceptors (Lipinski definition) is 3. The number of Topliss-reactive ketones (excluding diaryl/α,β-unsaturated/α-hetero) is 1. The van der Waals surface area contributed by atoms with Crippen LogP contribution in [0.4, 0.5) is 0 Å². The van der Waals surface area contributed by atoms with Crippen LogP contribution >= 0.6 is 0 Å². The molecule has 3 heteroatoms. The Bertz CT molecular complexity index is 911. The molecule has 0 aliphatic rings. The molecule has 0 saturated carbocycles. The number of ketones is 1. The molecule has 0 atom stereocenters. The number of para-hydroxylation sites is 1. The Morgan fingerprint density at radius 1 is 0.952 bits per heavy atom. The van der Waals surface area contributed by atoms with Crippen LogP contribution in [0.3, 0.4) is 0 Å². The van der Waals surface area contributed by atoms with Gasteiger partial charge in [-0.05, 0) is 18.2 Å². The predicted octanol–water partition coefficient (Wildman–Crippen LogP) is 4.18. The van der Waals surface area contributed by atoms with E-state index in [1.54, 1.807) is 24.3 Å². The normalized spacial score (nSPS) is 12.0. The summed E-state index contributed by atoms with van der Waals surface area (Å²) < 4.78 is 5.30. The van der Waals surface area contributed by atoms with Gasteiger partial charge in [-0.3, -0.25) is 4.79 Å². The number of carbonyl (C=O) groups excluding carboxylic acids is 1. The first kappa shape index (κ1) is 13.6. The lowest BCUT2D eigenvalue weighted by Gasteiger charge is -2.16. The summed E-state index contributed by atoms with van der Waals surface area (Å²) in [6, 6.07) is 12.5. The summed E-state index contributed by atoms with van der Waals surface area (Å²) >= 11 is 0. The zero-order chi connectivity index (χ0) is 15.2. The summed E-state index contributed by atoms with van der Waals surface area (Å²) in [6.45, 7) is 5.66. The maximum Gasteiger partial charge on any atom is 0.344 e. The molecule has 0 amide bonds. The van der Waals surface area contributed by atoms with Gasteiger partial charge in [0.1, 0.15) is 5.58 Å². The zero-order valence-electron chi connectivity index (χ0n) is 12.3. The highest BCUT2D eigenvalue weighted by Crippen LogP contribution is 2.27. The highest BCUT2D eigenvalue weighted by atomic mass is 16.4. The third-order valence-corrected chi connectivity index (χ3v) is 3.56. The monoisotopic (exact) mass is 280 g/mol. The SMILES string of the molecule is CC(C)(C)C(=O)c1ccc2c(=O)oc3ccccc3c2c1. The van der Waals surface area contributed by atoms with Crippen LogP contribution in [-0.4, -0.2) is 5.78 Å². The second-order valence-electron chi connectivity index (χ2n) is 6.23. The largest absolute Gasteiger partial charge is 0.422 e. The van der Waals surface area contributed by atoms with E-state index in [9.17, 15) is 9.59 Å². The van der Waals surface area contributed by atoms with E-state index in [4.69, 9.17) is 4.42 Å². The molecule has 1 heterocycles. The van der Waals surface area contributed by atoms with E-state index < -0.39 is 5.41 Å². The van der Waals surface area contributed by atoms with Crippen molar-refractivity contribution in [3.8, 4) is 0 Å². The van der Waals surface area contributed by atoms with E-state index in [0.717, 1.165) is 10.8 Å². The second kappa shape index (κ2) is 4.55. The van der Waals surface area contributed by atoms with Gasteiger partial charge in [-0.2, -0.15) is 0 Å². The summed E-state index contributed by atoms with van der Waals surface area (Å²) in [5, 5.41) is 2.10. The summed E-state index contributed by atoms with van der Waals surface area (Å²) in [5.41, 5.74) is 0.322. The molecule has 0 radical (unpaired) electrons. The molecule has 2 aromatic carbocycles. The quantitative estimate of drug-likeness (QED) is 0.382. The number of benzene rings is 2. The first-order valence-electron chi connectivity index (χ1n) is 6.88. The van der Waals surface area contributed by atoms with Crippen LogP contribution in [0.1, 0.15) is 31.1 Å². The summed E-state index contributed by atoms with van der Waals surface area (Å²) in [4.78, 5) is 24.4. The Morgan fingerprint density at radius 2 is 1.67 bits per heavy atom. The summed E-state index contributed by atoms with van der Waals surface area (Å²) in [7, 11) is 0. The van der Waals surface area contributed by atoms with E-state index in [0.29, 0.717) is 16.5 Å². The molecule has 106 valence electrons. The van der Waals surface area contributed by atoms with Crippen molar-refractivity contribution in [3.05, 3.63) is 58.4 Å². The fraction of sp³-hybridized carbons (Fsp3) is 0.222. The lowest BCUT2D eigenvalue weighted by Crippen LogP contribution is -2.20. The molecule has 21 heavy (non-hydrogen) atoms. The Kier molecular flexibility index (Phi) is 2.94. The fourth-order valence-electron chi connectivity index (χ4n) is 2.45. The van der Waals surface area contributed by atoms with Crippen LogP contribution in [-0.2, 0) is 0 Å². The van der Waals surface area contributed by atoms with Crippen molar-refractivity contribution in [2.24, 2.45) is 5.41 Å². The molecule has 3 aromatic rings. The first-order valence-corrected chi connectivity index (χ1v) is 6.88. The molecule has 3 nitrogen and oxygen atoms in total. The maximum absolute atomic E-state index is 12.4. The molecular weight excluding hydrogens is 264 g/mol. The van der Waals surface area contributed by atoms with Crippen LogP contribution in [0.5, 0.6) is 0 Å². The smallest absolute Gasteiger partial charge is 0.344 e. The number of hydrogen-bond donors (Lipinski definition) is 0. The van der Waals surface area contributed by atoms with Crippen molar-refractivity contribution in [2.75, 3.05) is 0 Å². The van der Waals surface area contributed by atoms with E-state index in [1.165, 1.54) is 0 Å². The molecule has 0 spiro atoms. The Balaban J connectivity index is 2.37.